The van der Waals surface area contributed by atoms with Gasteiger partial charge >= 0.3 is 11.4 Å². The Balaban J connectivity index is 2.26. The zero-order chi connectivity index (χ0) is 17.0. The number of anilines is 2. The first-order chi connectivity index (χ1) is 10.9. The number of aliphatic imine (C=N–C) groups is 1. The van der Waals surface area contributed by atoms with Crippen molar-refractivity contribution in [1.29, 1.82) is 0 Å². The monoisotopic (exact) mass is 316 g/mol. The molecule has 10 nitrogen and oxygen atoms in total. The molecule has 0 radical (unpaired) electrons. The molecule has 0 aliphatic carbocycles. The maximum atomic E-state index is 10.9. The van der Waals surface area contributed by atoms with Crippen LogP contribution >= 0.6 is 0 Å². The van der Waals surface area contributed by atoms with Crippen molar-refractivity contribution < 1.29 is 9.85 Å². The van der Waals surface area contributed by atoms with E-state index >= 15 is 0 Å². The van der Waals surface area contributed by atoms with Gasteiger partial charge in [-0.2, -0.15) is 0 Å². The topological polar surface area (TPSA) is 163 Å². The molecule has 0 aliphatic heterocycles. The summed E-state index contributed by atoms with van der Waals surface area (Å²) >= 11 is 0. The number of nitrogens with one attached hydrogen (secondary N) is 1. The second-order valence-electron chi connectivity index (χ2n) is 4.43. The van der Waals surface area contributed by atoms with Crippen LogP contribution in [0, 0.1) is 20.2 Å². The Bertz CT molecular complexity index is 784. The molecular weight excluding hydrogens is 304 g/mol. The normalized spacial score (nSPS) is 9.91. The number of guanidine groups is 1. The fourth-order valence-electron chi connectivity index (χ4n) is 1.84. The number of nitro groups is 2. The molecule has 0 atom stereocenters. The minimum atomic E-state index is -0.800. The molecule has 0 amide bonds. The van der Waals surface area contributed by atoms with E-state index in [-0.39, 0.29) is 5.96 Å². The molecule has 0 fully saturated rings. The van der Waals surface area contributed by atoms with Crippen molar-refractivity contribution in [1.82, 2.24) is 0 Å². The van der Waals surface area contributed by atoms with Crippen molar-refractivity contribution in [2.75, 3.05) is 5.32 Å². The summed E-state index contributed by atoms with van der Waals surface area (Å²) in [5, 5.41) is 24.6. The Morgan fingerprint density at radius 3 is 2.00 bits per heavy atom. The number of hydrogen-bond acceptors (Lipinski definition) is 6. The number of nitro benzene ring substituents is 2. The third-order valence-corrected chi connectivity index (χ3v) is 2.78. The lowest BCUT2D eigenvalue weighted by atomic mass is 10.2. The molecule has 10 heteroatoms. The van der Waals surface area contributed by atoms with Gasteiger partial charge in [-0.05, 0) is 30.3 Å². The van der Waals surface area contributed by atoms with Crippen LogP contribution in [-0.4, -0.2) is 15.8 Å². The Morgan fingerprint density at radius 2 is 1.48 bits per heavy atom. The first kappa shape index (κ1) is 15.7. The molecule has 2 rings (SSSR count). The maximum absolute atomic E-state index is 10.9. The van der Waals surface area contributed by atoms with Gasteiger partial charge in [-0.1, -0.05) is 0 Å². The van der Waals surface area contributed by atoms with E-state index in [1.54, 1.807) is 24.3 Å². The maximum Gasteiger partial charge on any atom is 0.348 e. The summed E-state index contributed by atoms with van der Waals surface area (Å²) in [6.45, 7) is 0. The number of benzene rings is 2. The fraction of sp³-hybridized carbons (Fsp3) is 0. The van der Waals surface area contributed by atoms with Crippen LogP contribution in [0.15, 0.2) is 47.5 Å². The first-order valence-corrected chi connectivity index (χ1v) is 6.26. The van der Waals surface area contributed by atoms with Gasteiger partial charge in [0.05, 0.1) is 15.5 Å². The van der Waals surface area contributed by atoms with Crippen molar-refractivity contribution in [2.45, 2.75) is 0 Å². The van der Waals surface area contributed by atoms with Gasteiger partial charge in [-0.25, -0.2) is 4.99 Å². The van der Waals surface area contributed by atoms with Crippen LogP contribution < -0.4 is 16.8 Å². The highest BCUT2D eigenvalue weighted by atomic mass is 16.6. The van der Waals surface area contributed by atoms with Crippen molar-refractivity contribution in [3.05, 3.63) is 62.7 Å². The molecule has 23 heavy (non-hydrogen) atoms. The van der Waals surface area contributed by atoms with Gasteiger partial charge in [0.15, 0.2) is 5.96 Å². The molecule has 0 heterocycles. The molecule has 0 saturated heterocycles. The highest BCUT2D eigenvalue weighted by Gasteiger charge is 2.24. The Kier molecular flexibility index (Phi) is 4.36. The lowest BCUT2D eigenvalue weighted by Crippen LogP contribution is -2.21. The zero-order valence-electron chi connectivity index (χ0n) is 11.7. The van der Waals surface area contributed by atoms with E-state index in [0.29, 0.717) is 17.1 Å². The average Bonchev–Trinajstić information content (AvgIpc) is 2.48. The van der Waals surface area contributed by atoms with Gasteiger partial charge in [0, 0.05) is 23.5 Å². The first-order valence-electron chi connectivity index (χ1n) is 6.26. The van der Waals surface area contributed by atoms with Crippen LogP contribution in [0.4, 0.5) is 28.4 Å². The molecule has 118 valence electrons. The van der Waals surface area contributed by atoms with E-state index in [1.807, 2.05) is 0 Å². The lowest BCUT2D eigenvalue weighted by molar-refractivity contribution is -0.422. The van der Waals surface area contributed by atoms with Crippen LogP contribution in [0.5, 0.6) is 0 Å². The molecule has 2 aromatic rings. The quantitative estimate of drug-likeness (QED) is 0.329. The third-order valence-electron chi connectivity index (χ3n) is 2.78. The van der Waals surface area contributed by atoms with Crippen LogP contribution in [-0.2, 0) is 0 Å². The van der Waals surface area contributed by atoms with E-state index in [9.17, 15) is 20.2 Å². The van der Waals surface area contributed by atoms with Gasteiger partial charge in [0.2, 0.25) is 0 Å². The summed E-state index contributed by atoms with van der Waals surface area (Å²) in [5.74, 6) is -0.0725. The summed E-state index contributed by atoms with van der Waals surface area (Å²) in [7, 11) is 0. The van der Waals surface area contributed by atoms with E-state index in [0.717, 1.165) is 12.1 Å². The lowest BCUT2D eigenvalue weighted by Gasteiger charge is -2.06. The molecule has 0 unspecified atom stereocenters. The second-order valence-corrected chi connectivity index (χ2v) is 4.43. The van der Waals surface area contributed by atoms with Crippen LogP contribution in [0.2, 0.25) is 0 Å². The van der Waals surface area contributed by atoms with Gasteiger partial charge in [0.25, 0.3) is 0 Å². The largest absolute Gasteiger partial charge is 0.370 e. The molecule has 0 spiro atoms. The van der Waals surface area contributed by atoms with Crippen LogP contribution in [0.1, 0.15) is 0 Å². The number of rotatable bonds is 5. The summed E-state index contributed by atoms with van der Waals surface area (Å²) in [6, 6.07) is 10.2. The van der Waals surface area contributed by atoms with Gasteiger partial charge in [0.1, 0.15) is 0 Å². The molecular formula is C13H12N6O4. The van der Waals surface area contributed by atoms with Gasteiger partial charge in [-0.15, -0.1) is 0 Å². The molecule has 0 aliphatic rings. The molecule has 5 N–H and O–H groups in total. The summed E-state index contributed by atoms with van der Waals surface area (Å²) < 4.78 is 0. The summed E-state index contributed by atoms with van der Waals surface area (Å²) in [5.41, 5.74) is 10.9. The SMILES string of the molecule is NC(N)=Nc1ccc(Nc2ccc([N+](=O)[O-])c([N+](=O)[O-])c2)cc1. The predicted molar refractivity (Wildman–Crippen MR) is 84.9 cm³/mol. The second kappa shape index (κ2) is 6.39. The van der Waals surface area contributed by atoms with E-state index in [4.69, 9.17) is 11.5 Å². The number of hydrogen-bond donors (Lipinski definition) is 3. The van der Waals surface area contributed by atoms with E-state index in [1.165, 1.54) is 6.07 Å². The Labute approximate surface area is 129 Å². The van der Waals surface area contributed by atoms with Crippen molar-refractivity contribution in [3.8, 4) is 0 Å². The van der Waals surface area contributed by atoms with Gasteiger partial charge in [-0.3, -0.25) is 20.2 Å². The number of nitrogens with two attached hydrogens (primary N) is 2. The molecule has 0 aromatic heterocycles. The molecule has 2 aromatic carbocycles. The molecule has 0 saturated carbocycles. The van der Waals surface area contributed by atoms with Crippen molar-refractivity contribution in [3.63, 3.8) is 0 Å². The summed E-state index contributed by atoms with van der Waals surface area (Å²) in [4.78, 5) is 23.9. The Morgan fingerprint density at radius 1 is 0.913 bits per heavy atom. The van der Waals surface area contributed by atoms with E-state index < -0.39 is 21.2 Å². The standard InChI is InChI=1S/C13H12N6O4/c14-13(15)17-9-3-1-8(2-4-9)16-10-5-6-11(18(20)21)12(7-10)19(22)23/h1-7,16H,(H4,14,15,17). The van der Waals surface area contributed by atoms with Crippen LogP contribution in [0.3, 0.4) is 0 Å². The minimum absolute atomic E-state index is 0.0725. The van der Waals surface area contributed by atoms with E-state index in [2.05, 4.69) is 10.3 Å². The van der Waals surface area contributed by atoms with Crippen molar-refractivity contribution >= 4 is 34.4 Å². The Hall–Kier alpha value is -3.69. The molecule has 0 bridgehead atoms. The highest BCUT2D eigenvalue weighted by molar-refractivity contribution is 5.79. The number of nitrogens with zero attached hydrogens (tertiary/aromatic N) is 3. The van der Waals surface area contributed by atoms with Crippen molar-refractivity contribution in [2.24, 2.45) is 16.5 Å². The minimum Gasteiger partial charge on any atom is -0.370 e. The van der Waals surface area contributed by atoms with Crippen LogP contribution in [0.25, 0.3) is 0 Å². The van der Waals surface area contributed by atoms with Gasteiger partial charge < -0.3 is 16.8 Å². The highest BCUT2D eigenvalue weighted by Crippen LogP contribution is 2.31. The third kappa shape index (κ3) is 3.91. The smallest absolute Gasteiger partial charge is 0.348 e. The zero-order valence-corrected chi connectivity index (χ0v) is 11.7. The fourth-order valence-corrected chi connectivity index (χ4v) is 1.84. The average molecular weight is 316 g/mol. The summed E-state index contributed by atoms with van der Waals surface area (Å²) in [6.07, 6.45) is 0. The predicted octanol–water partition coefficient (Wildman–Crippen LogP) is 2.15.